The Morgan fingerprint density at radius 1 is 0.533 bits per heavy atom. The first kappa shape index (κ1) is 15.7. The van der Waals surface area contributed by atoms with E-state index in [2.05, 4.69) is 0 Å². The molecule has 0 aromatic rings. The summed E-state index contributed by atoms with van der Waals surface area (Å²) in [6.45, 7) is 0. The molecule has 0 saturated heterocycles. The summed E-state index contributed by atoms with van der Waals surface area (Å²) in [5.74, 6) is 0. The van der Waals surface area contributed by atoms with Crippen molar-refractivity contribution < 1.29 is 0 Å². The summed E-state index contributed by atoms with van der Waals surface area (Å²) >= 11 is 0. The van der Waals surface area contributed by atoms with E-state index in [-0.39, 0.29) is 0 Å². The first-order valence-corrected chi connectivity index (χ1v) is 12.2. The molecule has 0 amide bonds. The molecule has 92 valence electrons. The number of rotatable bonds is 12. The summed E-state index contributed by atoms with van der Waals surface area (Å²) in [5, 5.41) is 0. The lowest BCUT2D eigenvalue weighted by Crippen LogP contribution is -1.90. The van der Waals surface area contributed by atoms with Crippen LogP contribution in [0.25, 0.3) is 0 Å². The SMILES string of the molecule is [SiH3]CCCCCC[SiH2]CCCCCC[SiH3]. The lowest BCUT2D eigenvalue weighted by molar-refractivity contribution is 0.689. The normalized spacial score (nSPS) is 12.0. The molecule has 0 aliphatic carbocycles. The van der Waals surface area contributed by atoms with Crippen LogP contribution >= 0.6 is 0 Å². The van der Waals surface area contributed by atoms with Crippen molar-refractivity contribution in [2.45, 2.75) is 75.5 Å². The first-order chi connectivity index (χ1) is 7.41. The minimum Gasteiger partial charge on any atom is -0.0658 e. The molecule has 0 bridgehead atoms. The van der Waals surface area contributed by atoms with E-state index in [1.54, 1.807) is 24.9 Å². The molecule has 0 aliphatic rings. The summed E-state index contributed by atoms with van der Waals surface area (Å²) in [4.78, 5) is 0. The zero-order valence-electron chi connectivity index (χ0n) is 11.2. The average molecular weight is 261 g/mol. The van der Waals surface area contributed by atoms with Crippen molar-refractivity contribution in [3.8, 4) is 0 Å². The van der Waals surface area contributed by atoms with E-state index in [1.807, 2.05) is 0 Å². The molecule has 15 heavy (non-hydrogen) atoms. The lowest BCUT2D eigenvalue weighted by Gasteiger charge is -2.01. The maximum Gasteiger partial charge on any atom is 0.0197 e. The van der Waals surface area contributed by atoms with Gasteiger partial charge in [0.25, 0.3) is 0 Å². The fourth-order valence-corrected chi connectivity index (χ4v) is 4.86. The Hall–Kier alpha value is 0.651. The second-order valence-corrected chi connectivity index (χ2v) is 9.01. The fourth-order valence-electron chi connectivity index (χ4n) is 2.09. The van der Waals surface area contributed by atoms with Gasteiger partial charge in [0.05, 0.1) is 0 Å². The van der Waals surface area contributed by atoms with Crippen LogP contribution in [-0.4, -0.2) is 30.0 Å². The van der Waals surface area contributed by atoms with Gasteiger partial charge in [0, 0.05) is 30.0 Å². The van der Waals surface area contributed by atoms with Gasteiger partial charge in [0.15, 0.2) is 0 Å². The quantitative estimate of drug-likeness (QED) is 0.370. The monoisotopic (exact) mass is 260 g/mol. The Bertz CT molecular complexity index is 95.0. The predicted molar refractivity (Wildman–Crippen MR) is 84.6 cm³/mol. The molecule has 0 aromatic carbocycles. The van der Waals surface area contributed by atoms with E-state index in [4.69, 9.17) is 0 Å². The molecule has 0 nitrogen and oxygen atoms in total. The van der Waals surface area contributed by atoms with Crippen LogP contribution in [0.3, 0.4) is 0 Å². The Morgan fingerprint density at radius 3 is 1.33 bits per heavy atom. The molecule has 0 atom stereocenters. The van der Waals surface area contributed by atoms with Gasteiger partial charge >= 0.3 is 0 Å². The van der Waals surface area contributed by atoms with Gasteiger partial charge in [0.1, 0.15) is 0 Å². The summed E-state index contributed by atoms with van der Waals surface area (Å²) in [6.07, 6.45) is 12.3. The molecule has 0 aromatic heterocycles. The minimum atomic E-state index is 0.360. The molecule has 3 heteroatoms. The molecule has 0 saturated carbocycles. The van der Waals surface area contributed by atoms with Crippen molar-refractivity contribution in [2.75, 3.05) is 0 Å². The van der Waals surface area contributed by atoms with Gasteiger partial charge in [-0.3, -0.25) is 0 Å². The number of hydrogen-bond acceptors (Lipinski definition) is 0. The van der Waals surface area contributed by atoms with Crippen molar-refractivity contribution in [1.29, 1.82) is 0 Å². The Morgan fingerprint density at radius 2 is 0.933 bits per heavy atom. The predicted octanol–water partition coefficient (Wildman–Crippen LogP) is 1.68. The van der Waals surface area contributed by atoms with Crippen LogP contribution in [0.5, 0.6) is 0 Å². The van der Waals surface area contributed by atoms with E-state index < -0.39 is 0 Å². The van der Waals surface area contributed by atoms with Crippen LogP contribution in [0, 0.1) is 0 Å². The standard InChI is InChI=1S/C12H32Si3/c13-9-5-1-3-7-11-15-12-8-4-2-6-10-14/h1-12,15H2,13-14H3. The average Bonchev–Trinajstić information content (AvgIpc) is 2.26. The molecular formula is C12H32Si3. The molecule has 0 unspecified atom stereocenters. The van der Waals surface area contributed by atoms with Gasteiger partial charge in [-0.2, -0.15) is 0 Å². The van der Waals surface area contributed by atoms with Crippen molar-refractivity contribution in [3.63, 3.8) is 0 Å². The minimum absolute atomic E-state index is 0.360. The second-order valence-electron chi connectivity index (χ2n) is 4.89. The molecule has 0 N–H and O–H groups in total. The third-order valence-corrected chi connectivity index (χ3v) is 6.62. The van der Waals surface area contributed by atoms with Crippen molar-refractivity contribution in [1.82, 2.24) is 0 Å². The van der Waals surface area contributed by atoms with E-state index in [0.717, 1.165) is 0 Å². The number of unbranched alkanes of at least 4 members (excludes halogenated alkanes) is 6. The first-order valence-electron chi connectivity index (χ1n) is 7.41. The molecule has 0 heterocycles. The van der Waals surface area contributed by atoms with Crippen molar-refractivity contribution in [2.24, 2.45) is 0 Å². The van der Waals surface area contributed by atoms with E-state index in [9.17, 15) is 0 Å². The maximum absolute atomic E-state index is 1.64. The topological polar surface area (TPSA) is 0 Å². The van der Waals surface area contributed by atoms with Gasteiger partial charge in [-0.25, -0.2) is 0 Å². The van der Waals surface area contributed by atoms with Crippen LogP contribution in [-0.2, 0) is 0 Å². The Labute approximate surface area is 106 Å². The van der Waals surface area contributed by atoms with Crippen LogP contribution < -0.4 is 0 Å². The van der Waals surface area contributed by atoms with Crippen LogP contribution in [0.2, 0.25) is 24.2 Å². The molecule has 0 aliphatic heterocycles. The largest absolute Gasteiger partial charge is 0.0658 e. The van der Waals surface area contributed by atoms with Gasteiger partial charge in [-0.05, 0) is 0 Å². The zero-order chi connectivity index (χ0) is 11.2. The highest BCUT2D eigenvalue weighted by Gasteiger charge is 1.92. The van der Waals surface area contributed by atoms with Gasteiger partial charge in [-0.1, -0.05) is 75.5 Å². The summed E-state index contributed by atoms with van der Waals surface area (Å²) in [5.41, 5.74) is 0. The third kappa shape index (κ3) is 14.7. The highest BCUT2D eigenvalue weighted by atomic mass is 28.2. The summed E-state index contributed by atoms with van der Waals surface area (Å²) in [7, 11) is 3.20. The molecule has 0 radical (unpaired) electrons. The fraction of sp³-hybridized carbons (Fsp3) is 1.00. The number of hydrogen-bond donors (Lipinski definition) is 0. The van der Waals surface area contributed by atoms with Gasteiger partial charge in [0.2, 0.25) is 0 Å². The maximum atomic E-state index is 1.64. The van der Waals surface area contributed by atoms with Crippen LogP contribution in [0.15, 0.2) is 0 Å². The van der Waals surface area contributed by atoms with E-state index in [0.29, 0.717) is 9.52 Å². The Balaban J connectivity index is 2.81. The molecule has 0 rings (SSSR count). The molecule has 0 spiro atoms. The highest BCUT2D eigenvalue weighted by molar-refractivity contribution is 6.35. The highest BCUT2D eigenvalue weighted by Crippen LogP contribution is 2.08. The molecular weight excluding hydrogens is 228 g/mol. The van der Waals surface area contributed by atoms with Crippen LogP contribution in [0.4, 0.5) is 0 Å². The van der Waals surface area contributed by atoms with E-state index in [1.165, 1.54) is 71.1 Å². The molecule has 0 fully saturated rings. The van der Waals surface area contributed by atoms with Crippen LogP contribution in [0.1, 0.15) is 51.4 Å². The Kier molecular flexibility index (Phi) is 15.3. The summed E-state index contributed by atoms with van der Waals surface area (Å²) in [6, 6.07) is 6.33. The zero-order valence-corrected chi connectivity index (χ0v) is 16.6. The van der Waals surface area contributed by atoms with Gasteiger partial charge < -0.3 is 0 Å². The van der Waals surface area contributed by atoms with Crippen molar-refractivity contribution in [3.05, 3.63) is 0 Å². The third-order valence-electron chi connectivity index (χ3n) is 3.21. The second kappa shape index (κ2) is 14.7. The smallest absolute Gasteiger partial charge is 0.0197 e. The van der Waals surface area contributed by atoms with Crippen molar-refractivity contribution >= 4 is 30.0 Å². The lowest BCUT2D eigenvalue weighted by atomic mass is 10.2. The summed E-state index contributed by atoms with van der Waals surface area (Å²) < 4.78 is 0. The van der Waals surface area contributed by atoms with Gasteiger partial charge in [-0.15, -0.1) is 0 Å². The van der Waals surface area contributed by atoms with E-state index >= 15 is 0 Å².